The first-order valence-corrected chi connectivity index (χ1v) is 10.2. The van der Waals surface area contributed by atoms with Crippen molar-refractivity contribution in [2.45, 2.75) is 24.7 Å². The van der Waals surface area contributed by atoms with E-state index >= 15 is 0 Å². The molecule has 3 rings (SSSR count). The third-order valence-electron chi connectivity index (χ3n) is 4.30. The number of hydrogen-bond donors (Lipinski definition) is 2. The van der Waals surface area contributed by atoms with Gasteiger partial charge in [0.2, 0.25) is 11.8 Å². The zero-order valence-electron chi connectivity index (χ0n) is 15.6. The van der Waals surface area contributed by atoms with Crippen LogP contribution < -0.4 is 19.7 Å². The van der Waals surface area contributed by atoms with E-state index < -0.39 is 10.0 Å². The van der Waals surface area contributed by atoms with Crippen LogP contribution in [0.4, 0.5) is 17.1 Å². The summed E-state index contributed by atoms with van der Waals surface area (Å²) in [7, 11) is -2.45. The summed E-state index contributed by atoms with van der Waals surface area (Å²) in [5.74, 6) is 0.0821. The number of ether oxygens (including phenoxy) is 1. The van der Waals surface area contributed by atoms with Gasteiger partial charge in [0, 0.05) is 31.3 Å². The molecule has 0 aliphatic carbocycles. The molecule has 0 radical (unpaired) electrons. The van der Waals surface area contributed by atoms with E-state index in [-0.39, 0.29) is 22.4 Å². The Morgan fingerprint density at radius 3 is 2.43 bits per heavy atom. The Hall–Kier alpha value is -3.07. The first-order valence-electron chi connectivity index (χ1n) is 8.69. The summed E-state index contributed by atoms with van der Waals surface area (Å²) in [6.07, 6.45) is 1.35. The smallest absolute Gasteiger partial charge is 0.261 e. The number of carbonyl (C=O) groups excluding carboxylic acids is 2. The van der Waals surface area contributed by atoms with Gasteiger partial charge in [-0.05, 0) is 48.9 Å². The van der Waals surface area contributed by atoms with Crippen LogP contribution in [-0.4, -0.2) is 33.9 Å². The number of amides is 2. The molecule has 1 aliphatic heterocycles. The van der Waals surface area contributed by atoms with E-state index in [1.54, 1.807) is 29.2 Å². The Morgan fingerprint density at radius 1 is 1.14 bits per heavy atom. The number of nitrogens with one attached hydrogen (secondary N) is 2. The topological polar surface area (TPSA) is 105 Å². The van der Waals surface area contributed by atoms with Crippen molar-refractivity contribution in [3.8, 4) is 5.75 Å². The van der Waals surface area contributed by atoms with Gasteiger partial charge in [0.15, 0.2) is 0 Å². The molecule has 0 saturated carbocycles. The summed E-state index contributed by atoms with van der Waals surface area (Å²) in [5.41, 5.74) is 1.37. The van der Waals surface area contributed by atoms with E-state index in [0.29, 0.717) is 24.4 Å². The molecule has 0 unspecified atom stereocenters. The molecule has 1 fully saturated rings. The maximum absolute atomic E-state index is 12.7. The molecule has 28 heavy (non-hydrogen) atoms. The number of hydrogen-bond acceptors (Lipinski definition) is 5. The summed E-state index contributed by atoms with van der Waals surface area (Å²) in [4.78, 5) is 24.8. The number of anilines is 3. The van der Waals surface area contributed by atoms with Gasteiger partial charge in [-0.25, -0.2) is 8.42 Å². The fourth-order valence-corrected chi connectivity index (χ4v) is 4.07. The minimum Gasteiger partial charge on any atom is -0.495 e. The lowest BCUT2D eigenvalue weighted by Gasteiger charge is -2.16. The average molecular weight is 403 g/mol. The number of rotatable bonds is 6. The third-order valence-corrected chi connectivity index (χ3v) is 5.68. The van der Waals surface area contributed by atoms with Gasteiger partial charge in [0.25, 0.3) is 10.0 Å². The number of methoxy groups -OCH3 is 1. The fraction of sp³-hybridized carbons (Fsp3) is 0.263. The highest BCUT2D eigenvalue weighted by molar-refractivity contribution is 7.92. The number of nitrogens with zero attached hydrogens (tertiary/aromatic N) is 1. The summed E-state index contributed by atoms with van der Waals surface area (Å²) in [6, 6.07) is 10.8. The molecular weight excluding hydrogens is 382 g/mol. The Bertz CT molecular complexity index is 1000. The van der Waals surface area contributed by atoms with Crippen LogP contribution in [0.5, 0.6) is 5.75 Å². The van der Waals surface area contributed by atoms with Crippen molar-refractivity contribution in [2.75, 3.05) is 28.6 Å². The second kappa shape index (κ2) is 7.89. The molecule has 0 spiro atoms. The normalized spacial score (nSPS) is 14.1. The van der Waals surface area contributed by atoms with Gasteiger partial charge in [-0.3, -0.25) is 14.3 Å². The average Bonchev–Trinajstić information content (AvgIpc) is 3.07. The standard InChI is InChI=1S/C19H21N3O5S/c1-13(23)20-17-12-16(9-10-18(17)27-2)28(25,26)21-14-5-7-15(8-6-14)22-11-3-4-19(22)24/h5-10,12,21H,3-4,11H2,1-2H3,(H,20,23). The summed E-state index contributed by atoms with van der Waals surface area (Å²) < 4.78 is 33.0. The molecule has 2 amide bonds. The second-order valence-electron chi connectivity index (χ2n) is 6.34. The molecule has 0 bridgehead atoms. The van der Waals surface area contributed by atoms with Gasteiger partial charge in [0.05, 0.1) is 17.7 Å². The van der Waals surface area contributed by atoms with Crippen molar-refractivity contribution in [2.24, 2.45) is 0 Å². The molecule has 2 N–H and O–H groups in total. The van der Waals surface area contributed by atoms with Crippen LogP contribution in [0, 0.1) is 0 Å². The van der Waals surface area contributed by atoms with E-state index in [4.69, 9.17) is 4.74 Å². The maximum Gasteiger partial charge on any atom is 0.261 e. The molecule has 2 aromatic rings. The van der Waals surface area contributed by atoms with Crippen molar-refractivity contribution in [3.05, 3.63) is 42.5 Å². The molecule has 0 aromatic heterocycles. The predicted molar refractivity (Wildman–Crippen MR) is 106 cm³/mol. The second-order valence-corrected chi connectivity index (χ2v) is 8.03. The van der Waals surface area contributed by atoms with Crippen molar-refractivity contribution < 1.29 is 22.7 Å². The minimum atomic E-state index is -3.88. The van der Waals surface area contributed by atoms with E-state index in [1.807, 2.05) is 0 Å². The molecule has 8 nitrogen and oxygen atoms in total. The lowest BCUT2D eigenvalue weighted by atomic mass is 10.2. The highest BCUT2D eigenvalue weighted by atomic mass is 32.2. The zero-order valence-corrected chi connectivity index (χ0v) is 16.4. The third kappa shape index (κ3) is 4.25. The SMILES string of the molecule is COc1ccc(S(=O)(=O)Nc2ccc(N3CCCC3=O)cc2)cc1NC(C)=O. The Morgan fingerprint density at radius 2 is 1.86 bits per heavy atom. The van der Waals surface area contributed by atoms with Crippen molar-refractivity contribution >= 4 is 38.9 Å². The van der Waals surface area contributed by atoms with Crippen LogP contribution in [-0.2, 0) is 19.6 Å². The molecule has 1 saturated heterocycles. The van der Waals surface area contributed by atoms with Crippen LogP contribution in [0.25, 0.3) is 0 Å². The predicted octanol–water partition coefficient (Wildman–Crippen LogP) is 2.58. The zero-order chi connectivity index (χ0) is 20.3. The van der Waals surface area contributed by atoms with Gasteiger partial charge < -0.3 is 15.0 Å². The van der Waals surface area contributed by atoms with Crippen LogP contribution in [0.2, 0.25) is 0 Å². The van der Waals surface area contributed by atoms with Gasteiger partial charge in [-0.1, -0.05) is 0 Å². The highest BCUT2D eigenvalue weighted by Gasteiger charge is 2.22. The Balaban J connectivity index is 1.81. The molecule has 2 aromatic carbocycles. The summed E-state index contributed by atoms with van der Waals surface area (Å²) in [5, 5.41) is 2.55. The van der Waals surface area contributed by atoms with Crippen molar-refractivity contribution in [1.29, 1.82) is 0 Å². The first kappa shape index (κ1) is 19.7. The minimum absolute atomic E-state index is 0.0177. The van der Waals surface area contributed by atoms with Gasteiger partial charge in [0.1, 0.15) is 5.75 Å². The summed E-state index contributed by atoms with van der Waals surface area (Å²) >= 11 is 0. The van der Waals surface area contributed by atoms with Crippen molar-refractivity contribution in [1.82, 2.24) is 0 Å². The highest BCUT2D eigenvalue weighted by Crippen LogP contribution is 2.29. The van der Waals surface area contributed by atoms with E-state index in [9.17, 15) is 18.0 Å². The van der Waals surface area contributed by atoms with E-state index in [0.717, 1.165) is 12.1 Å². The van der Waals surface area contributed by atoms with Gasteiger partial charge >= 0.3 is 0 Å². The van der Waals surface area contributed by atoms with E-state index in [1.165, 1.54) is 32.2 Å². The lowest BCUT2D eigenvalue weighted by molar-refractivity contribution is -0.117. The number of carbonyl (C=O) groups is 2. The maximum atomic E-state index is 12.7. The van der Waals surface area contributed by atoms with Crippen LogP contribution >= 0.6 is 0 Å². The molecule has 9 heteroatoms. The largest absolute Gasteiger partial charge is 0.495 e. The van der Waals surface area contributed by atoms with Crippen LogP contribution in [0.3, 0.4) is 0 Å². The molecule has 148 valence electrons. The Kier molecular flexibility index (Phi) is 5.55. The van der Waals surface area contributed by atoms with E-state index in [2.05, 4.69) is 10.0 Å². The monoisotopic (exact) mass is 403 g/mol. The molecule has 0 atom stereocenters. The van der Waals surface area contributed by atoms with Gasteiger partial charge in [-0.15, -0.1) is 0 Å². The number of sulfonamides is 1. The molecule has 1 aliphatic rings. The summed E-state index contributed by atoms with van der Waals surface area (Å²) in [6.45, 7) is 1.99. The number of benzene rings is 2. The first-order chi connectivity index (χ1) is 13.3. The van der Waals surface area contributed by atoms with Crippen molar-refractivity contribution in [3.63, 3.8) is 0 Å². The van der Waals surface area contributed by atoms with Crippen LogP contribution in [0.1, 0.15) is 19.8 Å². The quantitative estimate of drug-likeness (QED) is 0.771. The van der Waals surface area contributed by atoms with Crippen LogP contribution in [0.15, 0.2) is 47.4 Å². The fourth-order valence-electron chi connectivity index (χ4n) is 2.99. The van der Waals surface area contributed by atoms with Gasteiger partial charge in [-0.2, -0.15) is 0 Å². The Labute approximate surface area is 163 Å². The molecule has 1 heterocycles. The lowest BCUT2D eigenvalue weighted by Crippen LogP contribution is -2.23. The molecular formula is C19H21N3O5S.